The maximum atomic E-state index is 14.8. The molecule has 0 unspecified atom stereocenters. The van der Waals surface area contributed by atoms with E-state index in [9.17, 15) is 31.9 Å². The molecule has 0 aliphatic carbocycles. The zero-order valence-corrected chi connectivity index (χ0v) is 16.7. The van der Waals surface area contributed by atoms with E-state index in [1.165, 1.54) is 4.90 Å². The second-order valence-electron chi connectivity index (χ2n) is 6.94. The van der Waals surface area contributed by atoms with Crippen LogP contribution in [0, 0.1) is 11.6 Å². The summed E-state index contributed by atoms with van der Waals surface area (Å²) in [4.78, 5) is 42.2. The maximum Gasteiger partial charge on any atom is 0.414 e. The molecule has 2 heterocycles. The van der Waals surface area contributed by atoms with Gasteiger partial charge in [0.05, 0.1) is 38.5 Å². The fraction of sp³-hybridized carbons (Fsp3) is 0.526. The Hall–Kier alpha value is -3.13. The highest BCUT2D eigenvalue weighted by Crippen LogP contribution is 2.31. The molecule has 2 aliphatic heterocycles. The van der Waals surface area contributed by atoms with E-state index in [-0.39, 0.29) is 64.7 Å². The fourth-order valence-electron chi connectivity index (χ4n) is 3.31. The summed E-state index contributed by atoms with van der Waals surface area (Å²) < 4.78 is 59.1. The minimum atomic E-state index is -3.22. The summed E-state index contributed by atoms with van der Waals surface area (Å²) in [6.07, 6.45) is -5.12. The van der Waals surface area contributed by atoms with Crippen molar-refractivity contribution in [3.05, 3.63) is 23.8 Å². The number of amides is 3. The third-order valence-corrected chi connectivity index (χ3v) is 4.84. The Kier molecular flexibility index (Phi) is 8.82. The number of carbonyl (C=O) groups is 3. The van der Waals surface area contributed by atoms with Crippen molar-refractivity contribution in [1.82, 2.24) is 10.4 Å². The quantitative estimate of drug-likeness (QED) is 0.581. The molecule has 2 aliphatic rings. The van der Waals surface area contributed by atoms with Crippen LogP contribution < -0.4 is 20.9 Å². The lowest BCUT2D eigenvalue weighted by Gasteiger charge is -2.24. The van der Waals surface area contributed by atoms with Gasteiger partial charge in [-0.05, 0) is 0 Å². The number of carbonyl (C=O) groups excluding carboxylic acids is 3. The zero-order valence-electron chi connectivity index (χ0n) is 16.7. The van der Waals surface area contributed by atoms with Gasteiger partial charge in [0.15, 0.2) is 11.6 Å². The van der Waals surface area contributed by atoms with E-state index in [0.29, 0.717) is 0 Å². The Morgan fingerprint density at radius 1 is 1.18 bits per heavy atom. The molecule has 2 saturated heterocycles. The predicted octanol–water partition coefficient (Wildman–Crippen LogP) is 0.846. The Morgan fingerprint density at radius 3 is 2.45 bits per heavy atom. The molecule has 2 fully saturated rings. The third-order valence-electron chi connectivity index (χ3n) is 4.84. The smallest absolute Gasteiger partial charge is 0.414 e. The number of alkyl halides is 2. The van der Waals surface area contributed by atoms with Gasteiger partial charge < -0.3 is 20.7 Å². The average Bonchev–Trinajstić information content (AvgIpc) is 2.95. The van der Waals surface area contributed by atoms with Crippen molar-refractivity contribution in [3.8, 4) is 0 Å². The molecule has 0 spiro atoms. The van der Waals surface area contributed by atoms with E-state index in [2.05, 4.69) is 0 Å². The molecule has 1 aromatic rings. The summed E-state index contributed by atoms with van der Waals surface area (Å²) in [6.45, 7) is -0.627. The number of hydrogen-bond acceptors (Lipinski definition) is 7. The van der Waals surface area contributed by atoms with Gasteiger partial charge in [-0.2, -0.15) is 8.78 Å². The molecule has 0 saturated carbocycles. The molecule has 14 heteroatoms. The summed E-state index contributed by atoms with van der Waals surface area (Å²) in [6, 6.07) is 1.88. The highest BCUT2D eigenvalue weighted by molar-refractivity contribution is 5.90. The second kappa shape index (κ2) is 11.1. The SMILES string of the molecule is C.NCC(=O)N1CCN(c2c(F)cc(N3C[C@H](CNC(=O)C(F)F)OC3=O)cc2F)CCO1. The van der Waals surface area contributed by atoms with E-state index in [4.69, 9.17) is 15.3 Å². The van der Waals surface area contributed by atoms with E-state index in [1.807, 2.05) is 5.32 Å². The highest BCUT2D eigenvalue weighted by Gasteiger charge is 2.34. The molecule has 3 N–H and O–H groups in total. The number of halogens is 4. The summed E-state index contributed by atoms with van der Waals surface area (Å²) in [5.41, 5.74) is 4.80. The van der Waals surface area contributed by atoms with Crippen molar-refractivity contribution in [2.75, 3.05) is 55.7 Å². The molecule has 1 atom stereocenters. The number of cyclic esters (lactones) is 1. The van der Waals surface area contributed by atoms with Crippen molar-refractivity contribution in [2.24, 2.45) is 5.73 Å². The van der Waals surface area contributed by atoms with Gasteiger partial charge in [0.2, 0.25) is 0 Å². The Balaban J connectivity index is 0.00000385. The lowest BCUT2D eigenvalue weighted by atomic mass is 10.2. The fourth-order valence-corrected chi connectivity index (χ4v) is 3.31. The second-order valence-corrected chi connectivity index (χ2v) is 6.94. The lowest BCUT2D eigenvalue weighted by molar-refractivity contribution is -0.180. The summed E-state index contributed by atoms with van der Waals surface area (Å²) in [5, 5.41) is 2.96. The molecule has 3 rings (SSSR count). The average molecular weight is 479 g/mol. The topological polar surface area (TPSA) is 117 Å². The molecule has 10 nitrogen and oxygen atoms in total. The normalized spacial score (nSPS) is 18.7. The number of ether oxygens (including phenoxy) is 1. The predicted molar refractivity (Wildman–Crippen MR) is 109 cm³/mol. The van der Waals surface area contributed by atoms with Crippen LogP contribution in [-0.2, 0) is 19.2 Å². The number of hydrogen-bond donors (Lipinski definition) is 2. The van der Waals surface area contributed by atoms with Gasteiger partial charge in [-0.3, -0.25) is 19.3 Å². The largest absolute Gasteiger partial charge is 0.442 e. The van der Waals surface area contributed by atoms with Crippen molar-refractivity contribution in [3.63, 3.8) is 0 Å². The van der Waals surface area contributed by atoms with Crippen LogP contribution in [0.5, 0.6) is 0 Å². The zero-order chi connectivity index (χ0) is 23.4. The van der Waals surface area contributed by atoms with E-state index >= 15 is 0 Å². The van der Waals surface area contributed by atoms with Gasteiger partial charge in [0, 0.05) is 25.2 Å². The van der Waals surface area contributed by atoms with E-state index in [1.54, 1.807) is 0 Å². The first kappa shape index (κ1) is 26.1. The van der Waals surface area contributed by atoms with Crippen molar-refractivity contribution < 1.29 is 41.5 Å². The Bertz CT molecular complexity index is 867. The van der Waals surface area contributed by atoms with E-state index in [0.717, 1.165) is 22.1 Å². The number of anilines is 2. The molecule has 1 aromatic carbocycles. The van der Waals surface area contributed by atoms with Crippen LogP contribution in [-0.4, -0.2) is 81.4 Å². The lowest BCUT2D eigenvalue weighted by Crippen LogP contribution is -2.38. The van der Waals surface area contributed by atoms with E-state index < -0.39 is 42.1 Å². The maximum absolute atomic E-state index is 14.8. The first-order chi connectivity index (χ1) is 15.2. The van der Waals surface area contributed by atoms with Gasteiger partial charge in [-0.15, -0.1) is 0 Å². The molecule has 33 heavy (non-hydrogen) atoms. The van der Waals surface area contributed by atoms with Crippen molar-refractivity contribution in [1.29, 1.82) is 0 Å². The number of nitrogens with two attached hydrogens (primary N) is 1. The van der Waals surface area contributed by atoms with Crippen LogP contribution in [0.3, 0.4) is 0 Å². The van der Waals surface area contributed by atoms with Gasteiger partial charge in [0.1, 0.15) is 11.8 Å². The number of hydroxylamine groups is 2. The van der Waals surface area contributed by atoms with Gasteiger partial charge in [-0.1, -0.05) is 7.43 Å². The van der Waals surface area contributed by atoms with Crippen LogP contribution in [0.1, 0.15) is 7.43 Å². The van der Waals surface area contributed by atoms with Crippen LogP contribution in [0.25, 0.3) is 0 Å². The molecular formula is C19H25F4N5O5. The van der Waals surface area contributed by atoms with Crippen LogP contribution in [0.2, 0.25) is 0 Å². The molecule has 0 radical (unpaired) electrons. The minimum Gasteiger partial charge on any atom is -0.442 e. The number of nitrogens with zero attached hydrogens (tertiary/aromatic N) is 3. The summed E-state index contributed by atoms with van der Waals surface area (Å²) >= 11 is 0. The molecule has 0 aromatic heterocycles. The number of rotatable bonds is 6. The number of benzene rings is 1. The van der Waals surface area contributed by atoms with Gasteiger partial charge in [-0.25, -0.2) is 18.6 Å². The Labute approximate surface area is 187 Å². The first-order valence-corrected chi connectivity index (χ1v) is 9.62. The van der Waals surface area contributed by atoms with Crippen LogP contribution in [0.4, 0.5) is 33.7 Å². The minimum absolute atomic E-state index is 0. The molecule has 3 amide bonds. The van der Waals surface area contributed by atoms with Gasteiger partial charge in [0.25, 0.3) is 11.8 Å². The molecular weight excluding hydrogens is 454 g/mol. The van der Waals surface area contributed by atoms with Crippen LogP contribution in [0.15, 0.2) is 12.1 Å². The first-order valence-electron chi connectivity index (χ1n) is 9.62. The Morgan fingerprint density at radius 2 is 1.85 bits per heavy atom. The highest BCUT2D eigenvalue weighted by atomic mass is 19.3. The molecule has 184 valence electrons. The monoisotopic (exact) mass is 479 g/mol. The van der Waals surface area contributed by atoms with Crippen LogP contribution >= 0.6 is 0 Å². The van der Waals surface area contributed by atoms with Crippen molar-refractivity contribution in [2.45, 2.75) is 20.0 Å². The summed E-state index contributed by atoms with van der Waals surface area (Å²) in [7, 11) is 0. The standard InChI is InChI=1S/C18H21F4N5O5.CH4/c19-12-5-10(26-9-11(32-18(26)30)8-24-17(29)16(21)22)6-13(20)15(12)25-1-2-27(14(28)7-23)31-4-3-25;/h5-6,11,16H,1-4,7-9,23H2,(H,24,29);1H4/t11-;/m0./s1. The van der Waals surface area contributed by atoms with Crippen molar-refractivity contribution >= 4 is 29.3 Å². The molecule has 0 bridgehead atoms. The number of nitrogens with one attached hydrogen (secondary N) is 1. The third kappa shape index (κ3) is 6.01. The van der Waals surface area contributed by atoms with Gasteiger partial charge >= 0.3 is 12.5 Å². The summed E-state index contributed by atoms with van der Waals surface area (Å²) in [5.74, 6) is -3.90.